The highest BCUT2D eigenvalue weighted by atomic mass is 16.6. The summed E-state index contributed by atoms with van der Waals surface area (Å²) in [5.74, 6) is 0.0384. The third-order valence-corrected chi connectivity index (χ3v) is 5.51. The second-order valence-corrected chi connectivity index (χ2v) is 7.70. The highest BCUT2D eigenvalue weighted by Gasteiger charge is 2.42. The lowest BCUT2D eigenvalue weighted by atomic mass is 9.74. The van der Waals surface area contributed by atoms with E-state index in [1.54, 1.807) is 12.1 Å². The molecule has 0 fully saturated rings. The summed E-state index contributed by atoms with van der Waals surface area (Å²) in [7, 11) is 0. The first-order chi connectivity index (χ1) is 14.1. The minimum atomic E-state index is -0.585. The van der Waals surface area contributed by atoms with E-state index in [1.807, 2.05) is 54.6 Å². The van der Waals surface area contributed by atoms with E-state index < -0.39 is 6.08 Å². The van der Waals surface area contributed by atoms with Crippen molar-refractivity contribution in [2.75, 3.05) is 6.61 Å². The maximum absolute atomic E-state index is 12.3. The second kappa shape index (κ2) is 7.81. The molecule has 0 radical (unpaired) electrons. The fourth-order valence-corrected chi connectivity index (χ4v) is 4.24. The van der Waals surface area contributed by atoms with E-state index in [2.05, 4.69) is 30.1 Å². The molecule has 144 valence electrons. The SMILES string of the molecule is C[C@@]1(COC([O-])=Nc2ccccc2)Cc2ccc(C#N)cc2[C@@H]1c1ccccc1. The van der Waals surface area contributed by atoms with Crippen LogP contribution in [-0.4, -0.2) is 12.7 Å². The first kappa shape index (κ1) is 18.8. The molecule has 0 bridgehead atoms. The lowest BCUT2D eigenvalue weighted by molar-refractivity contribution is -0.252. The van der Waals surface area contributed by atoms with Gasteiger partial charge >= 0.3 is 0 Å². The maximum Gasteiger partial charge on any atom is 0.151 e. The van der Waals surface area contributed by atoms with Crippen LogP contribution in [0.4, 0.5) is 5.69 Å². The summed E-state index contributed by atoms with van der Waals surface area (Å²) < 4.78 is 5.60. The van der Waals surface area contributed by atoms with Gasteiger partial charge in [0.1, 0.15) is 0 Å². The van der Waals surface area contributed by atoms with E-state index in [-0.39, 0.29) is 17.9 Å². The van der Waals surface area contributed by atoms with Crippen molar-refractivity contribution in [1.82, 2.24) is 0 Å². The van der Waals surface area contributed by atoms with Gasteiger partial charge in [-0.15, -0.1) is 0 Å². The van der Waals surface area contributed by atoms with Crippen molar-refractivity contribution in [3.8, 4) is 6.07 Å². The Bertz CT molecular complexity index is 1070. The van der Waals surface area contributed by atoms with Gasteiger partial charge < -0.3 is 9.84 Å². The molecule has 1 aliphatic carbocycles. The van der Waals surface area contributed by atoms with Crippen molar-refractivity contribution < 1.29 is 9.84 Å². The highest BCUT2D eigenvalue weighted by Crippen LogP contribution is 2.51. The molecule has 0 aromatic heterocycles. The molecule has 0 unspecified atom stereocenters. The lowest BCUT2D eigenvalue weighted by Crippen LogP contribution is -2.33. The Morgan fingerprint density at radius 3 is 2.48 bits per heavy atom. The van der Waals surface area contributed by atoms with Crippen molar-refractivity contribution in [1.29, 1.82) is 5.26 Å². The number of fused-ring (bicyclic) bond motifs is 1. The monoisotopic (exact) mass is 381 g/mol. The molecule has 4 nitrogen and oxygen atoms in total. The number of aliphatic imine (C=N–C) groups is 1. The number of para-hydroxylation sites is 1. The van der Waals surface area contributed by atoms with Gasteiger partial charge in [-0.05, 0) is 52.8 Å². The number of hydrogen-bond donors (Lipinski definition) is 0. The zero-order chi connectivity index (χ0) is 20.3. The van der Waals surface area contributed by atoms with Crippen molar-refractivity contribution in [3.63, 3.8) is 0 Å². The Morgan fingerprint density at radius 2 is 1.79 bits per heavy atom. The predicted octanol–water partition coefficient (Wildman–Crippen LogP) is 4.32. The van der Waals surface area contributed by atoms with Gasteiger partial charge in [-0.1, -0.05) is 61.5 Å². The van der Waals surface area contributed by atoms with E-state index in [0.717, 1.165) is 17.5 Å². The predicted molar refractivity (Wildman–Crippen MR) is 111 cm³/mol. The standard InChI is InChI=1S/C25H22N2O2/c1-25(17-29-24(28)27-21-10-6-3-7-11-21)15-20-13-12-18(16-26)14-22(20)23(25)19-8-4-2-5-9-19/h2-14,23H,15,17H2,1H3,(H,27,28)/p-1/t23-,25-/m0/s1. The number of rotatable bonds is 4. The third kappa shape index (κ3) is 3.86. The summed E-state index contributed by atoms with van der Waals surface area (Å²) in [5, 5.41) is 21.6. The molecule has 0 spiro atoms. The van der Waals surface area contributed by atoms with Crippen molar-refractivity contribution in [2.24, 2.45) is 10.4 Å². The fraction of sp³-hybridized carbons (Fsp3) is 0.200. The quantitative estimate of drug-likeness (QED) is 0.499. The molecule has 0 amide bonds. The van der Waals surface area contributed by atoms with Crippen molar-refractivity contribution in [3.05, 3.63) is 101 Å². The zero-order valence-corrected chi connectivity index (χ0v) is 16.2. The molecule has 0 heterocycles. The van der Waals surface area contributed by atoms with Crippen LogP contribution in [-0.2, 0) is 11.2 Å². The van der Waals surface area contributed by atoms with Gasteiger partial charge in [0.05, 0.1) is 17.3 Å². The van der Waals surface area contributed by atoms with Crippen LogP contribution in [0, 0.1) is 16.7 Å². The van der Waals surface area contributed by atoms with Gasteiger partial charge in [0.2, 0.25) is 0 Å². The van der Waals surface area contributed by atoms with Crippen LogP contribution >= 0.6 is 0 Å². The number of hydrogen-bond acceptors (Lipinski definition) is 4. The maximum atomic E-state index is 12.3. The molecule has 4 rings (SSSR count). The normalized spacial score (nSPS) is 20.7. The molecule has 1 aliphatic rings. The van der Waals surface area contributed by atoms with Crippen LogP contribution < -0.4 is 5.11 Å². The average Bonchev–Trinajstić information content (AvgIpc) is 3.05. The molecule has 3 aromatic rings. The van der Waals surface area contributed by atoms with E-state index in [0.29, 0.717) is 11.3 Å². The summed E-state index contributed by atoms with van der Waals surface area (Å²) >= 11 is 0. The molecule has 0 saturated carbocycles. The first-order valence-electron chi connectivity index (χ1n) is 9.60. The molecule has 2 atom stereocenters. The molecule has 3 aromatic carbocycles. The molecule has 0 N–H and O–H groups in total. The summed E-state index contributed by atoms with van der Waals surface area (Å²) in [5.41, 5.74) is 4.38. The molecule has 0 aliphatic heterocycles. The highest BCUT2D eigenvalue weighted by molar-refractivity contribution is 5.67. The Morgan fingerprint density at radius 1 is 1.10 bits per heavy atom. The smallest absolute Gasteiger partial charge is 0.151 e. The van der Waals surface area contributed by atoms with Crippen LogP contribution in [0.2, 0.25) is 0 Å². The average molecular weight is 381 g/mol. The number of ether oxygens (including phenoxy) is 1. The van der Waals surface area contributed by atoms with Gasteiger partial charge in [-0.2, -0.15) is 5.26 Å². The van der Waals surface area contributed by atoms with Gasteiger partial charge in [0.25, 0.3) is 0 Å². The Balaban J connectivity index is 1.64. The van der Waals surface area contributed by atoms with Crippen molar-refractivity contribution >= 4 is 11.8 Å². The van der Waals surface area contributed by atoms with Crippen LogP contribution in [0.1, 0.15) is 35.1 Å². The third-order valence-electron chi connectivity index (χ3n) is 5.51. The zero-order valence-electron chi connectivity index (χ0n) is 16.2. The summed E-state index contributed by atoms with van der Waals surface area (Å²) in [6.07, 6.45) is 0.185. The van der Waals surface area contributed by atoms with Crippen molar-refractivity contribution in [2.45, 2.75) is 19.3 Å². The van der Waals surface area contributed by atoms with Crippen LogP contribution in [0.5, 0.6) is 0 Å². The van der Waals surface area contributed by atoms with E-state index in [1.165, 1.54) is 5.56 Å². The summed E-state index contributed by atoms with van der Waals surface area (Å²) in [6.45, 7) is 2.38. The van der Waals surface area contributed by atoms with Gasteiger partial charge in [-0.3, -0.25) is 0 Å². The summed E-state index contributed by atoms with van der Waals surface area (Å²) in [6, 6.07) is 27.3. The van der Waals surface area contributed by atoms with Gasteiger partial charge in [0.15, 0.2) is 6.08 Å². The Labute approximate surface area is 170 Å². The second-order valence-electron chi connectivity index (χ2n) is 7.70. The molecule has 0 saturated heterocycles. The fourth-order valence-electron chi connectivity index (χ4n) is 4.24. The molecule has 4 heteroatoms. The summed E-state index contributed by atoms with van der Waals surface area (Å²) in [4.78, 5) is 4.02. The van der Waals surface area contributed by atoms with Gasteiger partial charge in [-0.25, -0.2) is 4.99 Å². The number of nitrogens with zero attached hydrogens (tertiary/aromatic N) is 2. The molecular weight excluding hydrogens is 360 g/mol. The molecule has 29 heavy (non-hydrogen) atoms. The number of benzene rings is 3. The Kier molecular flexibility index (Phi) is 5.05. The first-order valence-corrected chi connectivity index (χ1v) is 9.60. The van der Waals surface area contributed by atoms with E-state index in [9.17, 15) is 10.4 Å². The molecular formula is C25H21N2O2-. The van der Waals surface area contributed by atoms with Crippen LogP contribution in [0.15, 0.2) is 83.9 Å². The van der Waals surface area contributed by atoms with E-state index in [4.69, 9.17) is 4.74 Å². The van der Waals surface area contributed by atoms with E-state index >= 15 is 0 Å². The minimum Gasteiger partial charge on any atom is -0.600 e. The number of nitriles is 1. The van der Waals surface area contributed by atoms with Gasteiger partial charge in [0, 0.05) is 12.5 Å². The Hall–Kier alpha value is -3.58. The topological polar surface area (TPSA) is 68.4 Å². The largest absolute Gasteiger partial charge is 0.600 e. The van der Waals surface area contributed by atoms with Crippen LogP contribution in [0.25, 0.3) is 0 Å². The lowest BCUT2D eigenvalue weighted by Gasteiger charge is -2.35. The minimum absolute atomic E-state index is 0.0384. The van der Waals surface area contributed by atoms with Crippen LogP contribution in [0.3, 0.4) is 0 Å².